The number of hydrogen-bond donors (Lipinski definition) is 2. The van der Waals surface area contributed by atoms with Gasteiger partial charge >= 0.3 is 6.03 Å². The number of fused-ring (bicyclic) bond motifs is 3. The number of imide groups is 1. The summed E-state index contributed by atoms with van der Waals surface area (Å²) in [4.78, 5) is 33.8. The van der Waals surface area contributed by atoms with Gasteiger partial charge in [-0.25, -0.2) is 9.79 Å². The molecule has 1 fully saturated rings. The van der Waals surface area contributed by atoms with E-state index < -0.39 is 18.2 Å². The minimum absolute atomic E-state index is 0.344. The van der Waals surface area contributed by atoms with E-state index in [0.29, 0.717) is 11.6 Å². The average Bonchev–Trinajstić information content (AvgIpc) is 3.01. The van der Waals surface area contributed by atoms with Crippen LogP contribution in [0.5, 0.6) is 0 Å². The quantitative estimate of drug-likeness (QED) is 0.736. The van der Waals surface area contributed by atoms with Crippen LogP contribution in [0.4, 0.5) is 16.2 Å². The first-order valence-electron chi connectivity index (χ1n) is 7.26. The molecule has 0 radical (unpaired) electrons. The maximum Gasteiger partial charge on any atom is 0.325 e. The number of rotatable bonds is 1. The van der Waals surface area contributed by atoms with Crippen molar-refractivity contribution in [3.63, 3.8) is 0 Å². The molecule has 118 valence electrons. The van der Waals surface area contributed by atoms with E-state index in [1.165, 1.54) is 4.90 Å². The molecule has 0 aliphatic carbocycles. The monoisotopic (exact) mass is 312 g/mol. The summed E-state index contributed by atoms with van der Waals surface area (Å²) in [5.41, 5.74) is 8.41. The zero-order valence-corrected chi connectivity index (χ0v) is 12.7. The summed E-state index contributed by atoms with van der Waals surface area (Å²) in [6, 6.07) is 6.48. The summed E-state index contributed by atoms with van der Waals surface area (Å²) in [6.45, 7) is 1.93. The van der Waals surface area contributed by atoms with Crippen LogP contribution in [0.3, 0.4) is 0 Å². The van der Waals surface area contributed by atoms with Gasteiger partial charge in [-0.2, -0.15) is 0 Å². The lowest BCUT2D eigenvalue weighted by atomic mass is 10.1. The van der Waals surface area contributed by atoms with Gasteiger partial charge in [0, 0.05) is 18.9 Å². The van der Waals surface area contributed by atoms with Crippen molar-refractivity contribution in [1.82, 2.24) is 15.1 Å². The fraction of sp³-hybridized carbons (Fsp3) is 0.267. The minimum Gasteiger partial charge on any atom is -0.397 e. The Morgan fingerprint density at radius 2 is 2.00 bits per heavy atom. The van der Waals surface area contributed by atoms with Crippen molar-refractivity contribution < 1.29 is 9.59 Å². The van der Waals surface area contributed by atoms with Crippen molar-refractivity contribution in [1.29, 1.82) is 0 Å². The van der Waals surface area contributed by atoms with Crippen molar-refractivity contribution in [2.45, 2.75) is 19.1 Å². The van der Waals surface area contributed by atoms with Crippen molar-refractivity contribution in [3.05, 3.63) is 36.2 Å². The molecule has 23 heavy (non-hydrogen) atoms. The molecule has 8 heteroatoms. The van der Waals surface area contributed by atoms with Gasteiger partial charge in [0.05, 0.1) is 11.4 Å². The maximum absolute atomic E-state index is 12.2. The highest BCUT2D eigenvalue weighted by molar-refractivity contribution is 6.10. The molecule has 2 atom stereocenters. The molecule has 3 aliphatic rings. The predicted octanol–water partition coefficient (Wildman–Crippen LogP) is 0.498. The van der Waals surface area contributed by atoms with Crippen LogP contribution in [0.2, 0.25) is 0 Å². The molecule has 0 bridgehead atoms. The van der Waals surface area contributed by atoms with Crippen LogP contribution < -0.4 is 16.0 Å². The van der Waals surface area contributed by atoms with Crippen molar-refractivity contribution in [2.75, 3.05) is 17.7 Å². The minimum atomic E-state index is -0.558. The van der Waals surface area contributed by atoms with Crippen LogP contribution in [0.15, 0.2) is 41.2 Å². The normalized spacial score (nSPS) is 25.9. The van der Waals surface area contributed by atoms with Crippen LogP contribution in [-0.4, -0.2) is 47.0 Å². The number of para-hydroxylation sites is 2. The third-order valence-corrected chi connectivity index (χ3v) is 4.33. The first-order valence-corrected chi connectivity index (χ1v) is 7.26. The summed E-state index contributed by atoms with van der Waals surface area (Å²) in [6.07, 6.45) is 1.32. The Hall–Kier alpha value is -3.03. The molecule has 1 aromatic rings. The van der Waals surface area contributed by atoms with Crippen molar-refractivity contribution >= 4 is 29.3 Å². The number of nitrogens with two attached hydrogens (primary N) is 1. The summed E-state index contributed by atoms with van der Waals surface area (Å²) in [5, 5.41) is 2.35. The second-order valence-corrected chi connectivity index (χ2v) is 5.76. The molecular weight excluding hydrogens is 296 g/mol. The second-order valence-electron chi connectivity index (χ2n) is 5.76. The number of nitrogens with zero attached hydrogens (tertiary/aromatic N) is 4. The fourth-order valence-corrected chi connectivity index (χ4v) is 3.19. The summed E-state index contributed by atoms with van der Waals surface area (Å²) < 4.78 is 0. The van der Waals surface area contributed by atoms with Gasteiger partial charge in [-0.3, -0.25) is 15.0 Å². The SMILES string of the molecule is CC1=CN2C(=NC3C2C(=O)NC(=O)N3C)N1c1ccccc1N. The number of benzene rings is 1. The smallest absolute Gasteiger partial charge is 0.325 e. The van der Waals surface area contributed by atoms with Gasteiger partial charge in [-0.05, 0) is 19.1 Å². The van der Waals surface area contributed by atoms with E-state index in [-0.39, 0.29) is 5.91 Å². The highest BCUT2D eigenvalue weighted by atomic mass is 16.2. The van der Waals surface area contributed by atoms with Crippen LogP contribution in [-0.2, 0) is 4.79 Å². The third kappa shape index (κ3) is 1.74. The fourth-order valence-electron chi connectivity index (χ4n) is 3.19. The Balaban J connectivity index is 1.79. The third-order valence-electron chi connectivity index (χ3n) is 4.33. The Bertz CT molecular complexity index is 786. The number of anilines is 2. The van der Waals surface area contributed by atoms with Crippen molar-refractivity contribution in [3.8, 4) is 0 Å². The highest BCUT2D eigenvalue weighted by Gasteiger charge is 2.51. The molecule has 3 amide bonds. The first kappa shape index (κ1) is 13.6. The molecule has 3 N–H and O–H groups in total. The molecule has 1 saturated heterocycles. The Morgan fingerprint density at radius 1 is 1.26 bits per heavy atom. The number of nitrogens with one attached hydrogen (secondary N) is 1. The van der Waals surface area contributed by atoms with Crippen LogP contribution in [0.25, 0.3) is 0 Å². The molecule has 3 heterocycles. The van der Waals surface area contributed by atoms with Gasteiger partial charge in [-0.15, -0.1) is 0 Å². The number of aliphatic imine (C=N–C) groups is 1. The number of likely N-dealkylation sites (N-methyl/N-ethyl adjacent to an activating group) is 1. The van der Waals surface area contributed by atoms with E-state index >= 15 is 0 Å². The van der Waals surface area contributed by atoms with E-state index in [4.69, 9.17) is 5.73 Å². The Morgan fingerprint density at radius 3 is 2.74 bits per heavy atom. The average molecular weight is 312 g/mol. The standard InChI is InChI=1S/C15H16N6O2/c1-8-7-20-11-12(19(2)15(23)18-13(11)22)17-14(20)21(8)10-6-4-3-5-9(10)16/h3-7,11-12H,16H2,1-2H3,(H,18,22,23). The lowest BCUT2D eigenvalue weighted by Crippen LogP contribution is -2.62. The largest absolute Gasteiger partial charge is 0.397 e. The Kier molecular flexibility index (Phi) is 2.65. The number of carbonyl (C=O) groups excluding carboxylic acids is 2. The Labute approximate surface area is 132 Å². The molecule has 0 aromatic heterocycles. The van der Waals surface area contributed by atoms with Crippen LogP contribution in [0, 0.1) is 0 Å². The number of urea groups is 1. The molecule has 1 aromatic carbocycles. The van der Waals surface area contributed by atoms with E-state index in [9.17, 15) is 9.59 Å². The van der Waals surface area contributed by atoms with Gasteiger partial charge in [0.2, 0.25) is 5.96 Å². The number of nitrogen functional groups attached to an aromatic ring is 1. The second kappa shape index (κ2) is 4.48. The topological polar surface area (TPSA) is 94.3 Å². The maximum atomic E-state index is 12.2. The summed E-state index contributed by atoms with van der Waals surface area (Å²) in [7, 11) is 1.63. The predicted molar refractivity (Wildman–Crippen MR) is 85.2 cm³/mol. The lowest BCUT2D eigenvalue weighted by molar-refractivity contribution is -0.126. The van der Waals surface area contributed by atoms with Gasteiger partial charge < -0.3 is 15.5 Å². The molecule has 0 saturated carbocycles. The van der Waals surface area contributed by atoms with Gasteiger partial charge in [0.15, 0.2) is 12.2 Å². The molecule has 8 nitrogen and oxygen atoms in total. The number of carbonyl (C=O) groups is 2. The highest BCUT2D eigenvalue weighted by Crippen LogP contribution is 2.36. The van der Waals surface area contributed by atoms with Gasteiger partial charge in [0.25, 0.3) is 5.91 Å². The van der Waals surface area contributed by atoms with E-state index in [1.54, 1.807) is 11.9 Å². The van der Waals surface area contributed by atoms with Crippen LogP contribution in [0.1, 0.15) is 6.92 Å². The van der Waals surface area contributed by atoms with E-state index in [1.807, 2.05) is 42.3 Å². The summed E-state index contributed by atoms with van der Waals surface area (Å²) >= 11 is 0. The van der Waals surface area contributed by atoms with Crippen LogP contribution >= 0.6 is 0 Å². The number of guanidine groups is 1. The molecule has 2 unspecified atom stereocenters. The van der Waals surface area contributed by atoms with E-state index in [0.717, 1.165) is 11.4 Å². The summed E-state index contributed by atoms with van der Waals surface area (Å²) in [5.74, 6) is 0.260. The lowest BCUT2D eigenvalue weighted by Gasteiger charge is -2.34. The zero-order chi connectivity index (χ0) is 16.3. The van der Waals surface area contributed by atoms with Gasteiger partial charge in [0.1, 0.15) is 0 Å². The van der Waals surface area contributed by atoms with Gasteiger partial charge in [-0.1, -0.05) is 12.1 Å². The number of allylic oxidation sites excluding steroid dienone is 1. The number of hydrogen-bond acceptors (Lipinski definition) is 6. The molecule has 3 aliphatic heterocycles. The number of amides is 3. The molecule has 4 rings (SSSR count). The van der Waals surface area contributed by atoms with E-state index in [2.05, 4.69) is 10.3 Å². The molecule has 0 spiro atoms. The zero-order valence-electron chi connectivity index (χ0n) is 12.7. The first-order chi connectivity index (χ1) is 11.0. The molecular formula is C15H16N6O2. The van der Waals surface area contributed by atoms with Crippen molar-refractivity contribution in [2.24, 2.45) is 4.99 Å².